The number of aromatic nitrogens is 1. The van der Waals surface area contributed by atoms with Crippen molar-refractivity contribution in [1.29, 1.82) is 0 Å². The Balaban J connectivity index is 1.43. The van der Waals surface area contributed by atoms with E-state index in [-0.39, 0.29) is 12.0 Å². The van der Waals surface area contributed by atoms with Gasteiger partial charge in [-0.3, -0.25) is 9.78 Å². The number of benzene rings is 3. The minimum atomic E-state index is -0.895. The van der Waals surface area contributed by atoms with E-state index >= 15 is 0 Å². The molecule has 2 unspecified atom stereocenters. The van der Waals surface area contributed by atoms with Crippen LogP contribution < -0.4 is 5.32 Å². The third kappa shape index (κ3) is 4.67. The molecule has 2 heterocycles. The molecule has 1 amide bonds. The number of likely N-dealkylation sites (tertiary alicyclic amines) is 1. The molecule has 35 heavy (non-hydrogen) atoms. The van der Waals surface area contributed by atoms with Gasteiger partial charge in [0, 0.05) is 49.1 Å². The molecule has 3 aromatic carbocycles. The molecule has 0 spiro atoms. The van der Waals surface area contributed by atoms with E-state index in [1.165, 1.54) is 0 Å². The SMILES string of the molecule is COC1CC(=CNC(=O)c2cccc3cccnc23)N(C(O)c2ccccc2-c2ccccc2)C1. The number of nitrogens with one attached hydrogen (secondary N) is 1. The second-order valence-electron chi connectivity index (χ2n) is 8.53. The standard InChI is InChI=1S/C29H27N3O3/c1-35-23-17-22(18-31-28(33)26-15-7-11-21-12-8-16-30-27(21)26)32(19-23)29(34)25-14-6-5-13-24(25)20-9-3-2-4-10-20/h2-16,18,23,29,34H,17,19H2,1H3,(H,31,33). The normalized spacial score (nSPS) is 17.6. The van der Waals surface area contributed by atoms with E-state index in [9.17, 15) is 9.90 Å². The monoisotopic (exact) mass is 465 g/mol. The Morgan fingerprint density at radius 1 is 1.06 bits per heavy atom. The Bertz CT molecular complexity index is 1360. The molecule has 176 valence electrons. The first-order valence-electron chi connectivity index (χ1n) is 11.6. The van der Waals surface area contributed by atoms with Crippen molar-refractivity contribution in [1.82, 2.24) is 15.2 Å². The number of carbonyl (C=O) groups is 1. The summed E-state index contributed by atoms with van der Waals surface area (Å²) in [6.07, 6.45) is 2.96. The van der Waals surface area contributed by atoms with Crippen LogP contribution in [0.1, 0.15) is 28.6 Å². The summed E-state index contributed by atoms with van der Waals surface area (Å²) < 4.78 is 5.61. The third-order valence-corrected chi connectivity index (χ3v) is 6.41. The molecule has 2 atom stereocenters. The number of pyridine rings is 1. The molecule has 0 bridgehead atoms. The number of carbonyl (C=O) groups excluding carboxylic acids is 1. The van der Waals surface area contributed by atoms with Crippen LogP contribution in [0.4, 0.5) is 0 Å². The highest BCUT2D eigenvalue weighted by Crippen LogP contribution is 2.35. The second kappa shape index (κ2) is 10.1. The number of nitrogens with zero attached hydrogens (tertiary/aromatic N) is 2. The van der Waals surface area contributed by atoms with Crippen LogP contribution in [0.3, 0.4) is 0 Å². The van der Waals surface area contributed by atoms with E-state index in [1.54, 1.807) is 25.6 Å². The third-order valence-electron chi connectivity index (χ3n) is 6.41. The van der Waals surface area contributed by atoms with Crippen molar-refractivity contribution in [2.45, 2.75) is 18.8 Å². The first-order valence-corrected chi connectivity index (χ1v) is 11.6. The lowest BCUT2D eigenvalue weighted by Gasteiger charge is -2.28. The van der Waals surface area contributed by atoms with E-state index in [2.05, 4.69) is 10.3 Å². The summed E-state index contributed by atoms with van der Waals surface area (Å²) in [7, 11) is 1.66. The quantitative estimate of drug-likeness (QED) is 0.424. The zero-order chi connectivity index (χ0) is 24.2. The Morgan fingerprint density at radius 3 is 2.66 bits per heavy atom. The molecule has 6 heteroatoms. The summed E-state index contributed by atoms with van der Waals surface area (Å²) in [5.74, 6) is -0.248. The van der Waals surface area contributed by atoms with Gasteiger partial charge in [-0.1, -0.05) is 72.8 Å². The van der Waals surface area contributed by atoms with Crippen molar-refractivity contribution < 1.29 is 14.6 Å². The summed E-state index contributed by atoms with van der Waals surface area (Å²) in [5, 5.41) is 15.3. The number of aliphatic hydroxyl groups excluding tert-OH is 1. The molecular weight excluding hydrogens is 438 g/mol. The number of amides is 1. The second-order valence-corrected chi connectivity index (χ2v) is 8.53. The van der Waals surface area contributed by atoms with Crippen LogP contribution in [-0.2, 0) is 4.74 Å². The van der Waals surface area contributed by atoms with Gasteiger partial charge in [0.25, 0.3) is 5.91 Å². The highest BCUT2D eigenvalue weighted by atomic mass is 16.5. The van der Waals surface area contributed by atoms with Crippen LogP contribution in [0.2, 0.25) is 0 Å². The topological polar surface area (TPSA) is 74.7 Å². The maximum Gasteiger partial charge on any atom is 0.257 e. The number of para-hydroxylation sites is 1. The van der Waals surface area contributed by atoms with Gasteiger partial charge >= 0.3 is 0 Å². The molecule has 2 N–H and O–H groups in total. The lowest BCUT2D eigenvalue weighted by Crippen LogP contribution is -2.28. The van der Waals surface area contributed by atoms with E-state index in [4.69, 9.17) is 4.74 Å². The van der Waals surface area contributed by atoms with E-state index in [1.807, 2.05) is 83.8 Å². The average Bonchev–Trinajstić information content (AvgIpc) is 3.35. The molecule has 1 aliphatic rings. The van der Waals surface area contributed by atoms with Crippen molar-refractivity contribution in [3.05, 3.63) is 114 Å². The van der Waals surface area contributed by atoms with Gasteiger partial charge in [0.1, 0.15) is 0 Å². The van der Waals surface area contributed by atoms with Crippen LogP contribution in [0, 0.1) is 0 Å². The molecule has 0 saturated carbocycles. The van der Waals surface area contributed by atoms with Crippen molar-refractivity contribution in [2.75, 3.05) is 13.7 Å². The van der Waals surface area contributed by atoms with Gasteiger partial charge in [-0.05, 0) is 23.3 Å². The Hall–Kier alpha value is -4.00. The lowest BCUT2D eigenvalue weighted by molar-refractivity contribution is 0.0187. The number of fused-ring (bicyclic) bond motifs is 1. The van der Waals surface area contributed by atoms with Crippen LogP contribution in [0.15, 0.2) is 103 Å². The lowest BCUT2D eigenvalue weighted by atomic mass is 9.98. The number of rotatable bonds is 6. The van der Waals surface area contributed by atoms with Gasteiger partial charge < -0.3 is 20.1 Å². The first-order chi connectivity index (χ1) is 17.2. The zero-order valence-electron chi connectivity index (χ0n) is 19.5. The maximum atomic E-state index is 13.0. The number of aliphatic hydroxyl groups is 1. The zero-order valence-corrected chi connectivity index (χ0v) is 19.5. The average molecular weight is 466 g/mol. The Kier molecular flexibility index (Phi) is 6.57. The van der Waals surface area contributed by atoms with Gasteiger partial charge in [-0.2, -0.15) is 0 Å². The van der Waals surface area contributed by atoms with E-state index in [0.29, 0.717) is 24.0 Å². The summed E-state index contributed by atoms with van der Waals surface area (Å²) in [6.45, 7) is 0.512. The number of hydrogen-bond donors (Lipinski definition) is 2. The largest absolute Gasteiger partial charge is 0.379 e. The Morgan fingerprint density at radius 2 is 1.83 bits per heavy atom. The summed E-state index contributed by atoms with van der Waals surface area (Å²) in [5.41, 5.74) is 4.75. The molecule has 0 aliphatic carbocycles. The molecule has 4 aromatic rings. The minimum Gasteiger partial charge on any atom is -0.379 e. The fraction of sp³-hybridized carbons (Fsp3) is 0.172. The number of hydrogen-bond acceptors (Lipinski definition) is 5. The molecule has 5 rings (SSSR count). The van der Waals surface area contributed by atoms with Crippen LogP contribution in [-0.4, -0.2) is 40.7 Å². The van der Waals surface area contributed by atoms with Crippen LogP contribution in [0.5, 0.6) is 0 Å². The van der Waals surface area contributed by atoms with Crippen LogP contribution in [0.25, 0.3) is 22.0 Å². The number of methoxy groups -OCH3 is 1. The first kappa shape index (κ1) is 22.8. The van der Waals surface area contributed by atoms with E-state index in [0.717, 1.165) is 27.8 Å². The predicted molar refractivity (Wildman–Crippen MR) is 136 cm³/mol. The number of ether oxygens (including phenoxy) is 1. The van der Waals surface area contributed by atoms with Crippen molar-refractivity contribution in [3.63, 3.8) is 0 Å². The molecule has 0 radical (unpaired) electrons. The Labute approximate surface area is 204 Å². The highest BCUT2D eigenvalue weighted by Gasteiger charge is 2.32. The summed E-state index contributed by atoms with van der Waals surface area (Å²) in [6, 6.07) is 27.2. The van der Waals surface area contributed by atoms with Gasteiger partial charge in [0.15, 0.2) is 6.23 Å². The smallest absolute Gasteiger partial charge is 0.257 e. The van der Waals surface area contributed by atoms with Gasteiger partial charge in [0.05, 0.1) is 17.2 Å². The highest BCUT2D eigenvalue weighted by molar-refractivity contribution is 6.05. The molecule has 1 fully saturated rings. The van der Waals surface area contributed by atoms with Crippen molar-refractivity contribution in [2.24, 2.45) is 0 Å². The van der Waals surface area contributed by atoms with Crippen LogP contribution >= 0.6 is 0 Å². The fourth-order valence-corrected chi connectivity index (χ4v) is 4.59. The molecular formula is C29H27N3O3. The van der Waals surface area contributed by atoms with Crippen molar-refractivity contribution in [3.8, 4) is 11.1 Å². The van der Waals surface area contributed by atoms with Gasteiger partial charge in [-0.15, -0.1) is 0 Å². The predicted octanol–water partition coefficient (Wildman–Crippen LogP) is 4.88. The molecule has 1 aliphatic heterocycles. The van der Waals surface area contributed by atoms with Gasteiger partial charge in [-0.25, -0.2) is 0 Å². The molecule has 6 nitrogen and oxygen atoms in total. The summed E-state index contributed by atoms with van der Waals surface area (Å²) in [4.78, 5) is 19.3. The fourth-order valence-electron chi connectivity index (χ4n) is 4.59. The molecule has 1 aromatic heterocycles. The maximum absolute atomic E-state index is 13.0. The minimum absolute atomic E-state index is 0.0871. The summed E-state index contributed by atoms with van der Waals surface area (Å²) >= 11 is 0. The van der Waals surface area contributed by atoms with Crippen molar-refractivity contribution >= 4 is 16.8 Å². The molecule has 1 saturated heterocycles. The van der Waals surface area contributed by atoms with Gasteiger partial charge in [0.2, 0.25) is 0 Å². The van der Waals surface area contributed by atoms with E-state index < -0.39 is 6.23 Å².